The van der Waals surface area contributed by atoms with E-state index in [2.05, 4.69) is 10.6 Å². The molecule has 0 radical (unpaired) electrons. The van der Waals surface area contributed by atoms with Crippen molar-refractivity contribution in [2.24, 2.45) is 0 Å². The second-order valence-electron chi connectivity index (χ2n) is 4.17. The minimum atomic E-state index is 0. The molecule has 108 valence electrons. The zero-order chi connectivity index (χ0) is 13.0. The molecule has 1 fully saturated rings. The zero-order valence-electron chi connectivity index (χ0n) is 11.5. The normalized spacial score (nSPS) is 18.4. The lowest BCUT2D eigenvalue weighted by atomic mass is 10.0. The lowest BCUT2D eigenvalue weighted by molar-refractivity contribution is 0.322. The van der Waals surface area contributed by atoms with Crippen LogP contribution in [0.2, 0.25) is 0 Å². The first-order chi connectivity index (χ1) is 8.80. The highest BCUT2D eigenvalue weighted by atomic mass is 35.5. The van der Waals surface area contributed by atoms with Gasteiger partial charge in [-0.25, -0.2) is 0 Å². The van der Waals surface area contributed by atoms with Gasteiger partial charge in [0.25, 0.3) is 0 Å². The Morgan fingerprint density at radius 1 is 1.00 bits per heavy atom. The van der Waals surface area contributed by atoms with E-state index >= 15 is 0 Å². The topological polar surface area (TPSA) is 51.8 Å². The minimum absolute atomic E-state index is 0. The van der Waals surface area contributed by atoms with Crippen molar-refractivity contribution in [3.05, 3.63) is 17.7 Å². The Hall–Kier alpha value is -1.17. The second kappa shape index (κ2) is 7.43. The average Bonchev–Trinajstić information content (AvgIpc) is 2.46. The third-order valence-electron chi connectivity index (χ3n) is 3.13. The third kappa shape index (κ3) is 3.43. The second-order valence-corrected chi connectivity index (χ2v) is 4.17. The molecule has 0 saturated carbocycles. The fraction of sp³-hybridized carbons (Fsp3) is 0.538. The molecular weight excluding hydrogens is 268 g/mol. The van der Waals surface area contributed by atoms with Gasteiger partial charge in [-0.05, 0) is 17.7 Å². The van der Waals surface area contributed by atoms with Gasteiger partial charge in [0.15, 0.2) is 11.5 Å². The van der Waals surface area contributed by atoms with Crippen molar-refractivity contribution in [1.29, 1.82) is 0 Å². The molecular formula is C13H21ClN2O3. The lowest BCUT2D eigenvalue weighted by Crippen LogP contribution is -2.42. The average molecular weight is 289 g/mol. The van der Waals surface area contributed by atoms with E-state index in [-0.39, 0.29) is 18.4 Å². The largest absolute Gasteiger partial charge is 0.493 e. The summed E-state index contributed by atoms with van der Waals surface area (Å²) < 4.78 is 16.0. The van der Waals surface area contributed by atoms with E-state index in [1.165, 1.54) is 0 Å². The number of benzene rings is 1. The van der Waals surface area contributed by atoms with Gasteiger partial charge < -0.3 is 24.8 Å². The van der Waals surface area contributed by atoms with Gasteiger partial charge in [-0.3, -0.25) is 0 Å². The first kappa shape index (κ1) is 15.9. The maximum absolute atomic E-state index is 5.36. The summed E-state index contributed by atoms with van der Waals surface area (Å²) in [7, 11) is 4.88. The van der Waals surface area contributed by atoms with Gasteiger partial charge in [-0.15, -0.1) is 12.4 Å². The number of hydrogen-bond donors (Lipinski definition) is 2. The van der Waals surface area contributed by atoms with Crippen LogP contribution in [0.1, 0.15) is 11.6 Å². The van der Waals surface area contributed by atoms with Crippen molar-refractivity contribution in [2.45, 2.75) is 6.04 Å². The van der Waals surface area contributed by atoms with Crippen LogP contribution in [0.5, 0.6) is 17.2 Å². The molecule has 0 aromatic heterocycles. The highest BCUT2D eigenvalue weighted by Crippen LogP contribution is 2.39. The molecule has 0 amide bonds. The number of piperazine rings is 1. The van der Waals surface area contributed by atoms with Crippen molar-refractivity contribution in [3.8, 4) is 17.2 Å². The maximum Gasteiger partial charge on any atom is 0.203 e. The van der Waals surface area contributed by atoms with Crippen molar-refractivity contribution < 1.29 is 14.2 Å². The summed E-state index contributed by atoms with van der Waals surface area (Å²) in [5, 5.41) is 6.82. The van der Waals surface area contributed by atoms with Crippen molar-refractivity contribution in [1.82, 2.24) is 10.6 Å². The van der Waals surface area contributed by atoms with Crippen LogP contribution in [-0.4, -0.2) is 41.0 Å². The van der Waals surface area contributed by atoms with Gasteiger partial charge in [0, 0.05) is 25.7 Å². The van der Waals surface area contributed by atoms with Crippen LogP contribution in [0.25, 0.3) is 0 Å². The molecule has 1 atom stereocenters. The summed E-state index contributed by atoms with van der Waals surface area (Å²) in [5.41, 5.74) is 1.14. The van der Waals surface area contributed by atoms with Crippen LogP contribution in [0.15, 0.2) is 12.1 Å². The van der Waals surface area contributed by atoms with E-state index in [4.69, 9.17) is 14.2 Å². The Balaban J connectivity index is 0.00000180. The van der Waals surface area contributed by atoms with E-state index in [1.807, 2.05) is 12.1 Å². The van der Waals surface area contributed by atoms with Crippen LogP contribution >= 0.6 is 12.4 Å². The van der Waals surface area contributed by atoms with E-state index in [0.29, 0.717) is 17.2 Å². The zero-order valence-corrected chi connectivity index (χ0v) is 12.3. The molecule has 2 rings (SSSR count). The number of hydrogen-bond acceptors (Lipinski definition) is 5. The highest BCUT2D eigenvalue weighted by molar-refractivity contribution is 5.85. The predicted octanol–water partition coefficient (Wildman–Crippen LogP) is 1.37. The summed E-state index contributed by atoms with van der Waals surface area (Å²) in [6.45, 7) is 2.86. The lowest BCUT2D eigenvalue weighted by Gasteiger charge is -2.26. The molecule has 1 aliphatic rings. The number of ether oxygens (including phenoxy) is 3. The molecule has 0 spiro atoms. The van der Waals surface area contributed by atoms with Gasteiger partial charge in [0.1, 0.15) is 0 Å². The highest BCUT2D eigenvalue weighted by Gasteiger charge is 2.19. The third-order valence-corrected chi connectivity index (χ3v) is 3.13. The molecule has 0 unspecified atom stereocenters. The van der Waals surface area contributed by atoms with E-state index in [1.54, 1.807) is 21.3 Å². The number of nitrogens with one attached hydrogen (secondary N) is 2. The predicted molar refractivity (Wildman–Crippen MR) is 77.0 cm³/mol. The van der Waals surface area contributed by atoms with E-state index in [0.717, 1.165) is 25.2 Å². The van der Waals surface area contributed by atoms with Gasteiger partial charge in [-0.2, -0.15) is 0 Å². The maximum atomic E-state index is 5.36. The number of halogens is 1. The summed E-state index contributed by atoms with van der Waals surface area (Å²) >= 11 is 0. The first-order valence-electron chi connectivity index (χ1n) is 6.04. The fourth-order valence-electron chi connectivity index (χ4n) is 2.19. The molecule has 0 bridgehead atoms. The van der Waals surface area contributed by atoms with Gasteiger partial charge in [-0.1, -0.05) is 0 Å². The SMILES string of the molecule is COc1cc([C@H]2CNCCN2)cc(OC)c1OC.Cl. The summed E-state index contributed by atoms with van der Waals surface area (Å²) in [5.74, 6) is 2.02. The molecule has 19 heavy (non-hydrogen) atoms. The molecule has 2 N–H and O–H groups in total. The Bertz CT molecular complexity index is 384. The van der Waals surface area contributed by atoms with E-state index in [9.17, 15) is 0 Å². The van der Waals surface area contributed by atoms with Gasteiger partial charge in [0.05, 0.1) is 21.3 Å². The van der Waals surface area contributed by atoms with Crippen molar-refractivity contribution in [3.63, 3.8) is 0 Å². The molecule has 1 aromatic carbocycles. The Labute approximate surface area is 120 Å². The molecule has 0 aliphatic carbocycles. The summed E-state index contributed by atoms with van der Waals surface area (Å²) in [6, 6.07) is 4.25. The summed E-state index contributed by atoms with van der Waals surface area (Å²) in [4.78, 5) is 0. The Morgan fingerprint density at radius 3 is 2.05 bits per heavy atom. The van der Waals surface area contributed by atoms with Gasteiger partial charge >= 0.3 is 0 Å². The van der Waals surface area contributed by atoms with E-state index < -0.39 is 0 Å². The van der Waals surface area contributed by atoms with Crippen LogP contribution in [0.3, 0.4) is 0 Å². The number of rotatable bonds is 4. The van der Waals surface area contributed by atoms with Crippen LogP contribution in [0, 0.1) is 0 Å². The molecule has 1 aliphatic heterocycles. The van der Waals surface area contributed by atoms with Crippen molar-refractivity contribution >= 4 is 12.4 Å². The first-order valence-corrected chi connectivity index (χ1v) is 6.04. The Morgan fingerprint density at radius 2 is 1.63 bits per heavy atom. The fourth-order valence-corrected chi connectivity index (χ4v) is 2.19. The summed E-state index contributed by atoms with van der Waals surface area (Å²) in [6.07, 6.45) is 0. The van der Waals surface area contributed by atoms with Crippen LogP contribution < -0.4 is 24.8 Å². The van der Waals surface area contributed by atoms with Crippen LogP contribution in [-0.2, 0) is 0 Å². The molecule has 6 heteroatoms. The smallest absolute Gasteiger partial charge is 0.203 e. The molecule has 1 aromatic rings. The van der Waals surface area contributed by atoms with Gasteiger partial charge in [0.2, 0.25) is 5.75 Å². The standard InChI is InChI=1S/C13H20N2O3.ClH/c1-16-11-6-9(10-8-14-4-5-15-10)7-12(17-2)13(11)18-3;/h6-7,10,14-15H,4-5,8H2,1-3H3;1H/t10-;/m1./s1. The molecule has 1 heterocycles. The quantitative estimate of drug-likeness (QED) is 0.876. The Kier molecular flexibility index (Phi) is 6.21. The minimum Gasteiger partial charge on any atom is -0.493 e. The number of methoxy groups -OCH3 is 3. The van der Waals surface area contributed by atoms with Crippen molar-refractivity contribution in [2.75, 3.05) is 41.0 Å². The monoisotopic (exact) mass is 288 g/mol. The van der Waals surface area contributed by atoms with Crippen LogP contribution in [0.4, 0.5) is 0 Å². The molecule has 5 nitrogen and oxygen atoms in total. The molecule has 1 saturated heterocycles.